The van der Waals surface area contributed by atoms with Gasteiger partial charge in [-0.3, -0.25) is 4.79 Å². The lowest BCUT2D eigenvalue weighted by atomic mass is 10.1. The van der Waals surface area contributed by atoms with Crippen LogP contribution in [0.3, 0.4) is 0 Å². The molecule has 1 atom stereocenters. The van der Waals surface area contributed by atoms with Gasteiger partial charge < -0.3 is 19.6 Å². The van der Waals surface area contributed by atoms with Crippen molar-refractivity contribution in [3.63, 3.8) is 0 Å². The van der Waals surface area contributed by atoms with Gasteiger partial charge in [0.2, 0.25) is 0 Å². The summed E-state index contributed by atoms with van der Waals surface area (Å²) in [5.41, 5.74) is 1.43. The fraction of sp³-hybridized carbons (Fsp3) is 0.368. The molecule has 0 aliphatic heterocycles. The summed E-state index contributed by atoms with van der Waals surface area (Å²) in [7, 11) is 0. The first-order chi connectivity index (χ1) is 11.8. The van der Waals surface area contributed by atoms with Crippen molar-refractivity contribution >= 4 is 11.9 Å². The highest BCUT2D eigenvalue weighted by molar-refractivity contribution is 5.95. The van der Waals surface area contributed by atoms with E-state index in [1.807, 2.05) is 20.8 Å². The summed E-state index contributed by atoms with van der Waals surface area (Å²) in [6, 6.07) is 8.53. The third-order valence-electron chi connectivity index (χ3n) is 3.84. The molecule has 25 heavy (non-hydrogen) atoms. The summed E-state index contributed by atoms with van der Waals surface area (Å²) in [5, 5.41) is 11.5. The second-order valence-corrected chi connectivity index (χ2v) is 6.22. The lowest BCUT2D eigenvalue weighted by Crippen LogP contribution is -2.26. The highest BCUT2D eigenvalue weighted by Gasteiger charge is 2.18. The topological polar surface area (TPSA) is 88.8 Å². The fourth-order valence-corrected chi connectivity index (χ4v) is 2.37. The number of carboxylic acids is 1. The number of aliphatic carboxylic acids is 1. The van der Waals surface area contributed by atoms with Crippen LogP contribution in [0.2, 0.25) is 0 Å². The van der Waals surface area contributed by atoms with Gasteiger partial charge in [0.05, 0.1) is 11.6 Å². The molecule has 0 aliphatic carbocycles. The van der Waals surface area contributed by atoms with E-state index < -0.39 is 5.97 Å². The highest BCUT2D eigenvalue weighted by atomic mass is 16.5. The number of benzene rings is 1. The Morgan fingerprint density at radius 3 is 2.36 bits per heavy atom. The minimum atomic E-state index is -1.03. The summed E-state index contributed by atoms with van der Waals surface area (Å²) < 4.78 is 10.7. The second-order valence-electron chi connectivity index (χ2n) is 6.22. The molecule has 1 aromatic heterocycles. The minimum absolute atomic E-state index is 0.188. The summed E-state index contributed by atoms with van der Waals surface area (Å²) in [5.74, 6) is 0.863. The number of aryl methyl sites for hydroxylation is 1. The molecule has 6 heteroatoms. The molecule has 2 aromatic rings. The predicted molar refractivity (Wildman–Crippen MR) is 93.0 cm³/mol. The van der Waals surface area contributed by atoms with Gasteiger partial charge in [0.15, 0.2) is 6.61 Å². The van der Waals surface area contributed by atoms with Gasteiger partial charge in [-0.25, -0.2) is 4.79 Å². The number of nitrogens with one attached hydrogen (secondary N) is 1. The lowest BCUT2D eigenvalue weighted by Gasteiger charge is -2.14. The summed E-state index contributed by atoms with van der Waals surface area (Å²) in [6.45, 7) is 7.29. The van der Waals surface area contributed by atoms with Crippen molar-refractivity contribution in [1.29, 1.82) is 0 Å². The molecule has 2 rings (SSSR count). The summed E-state index contributed by atoms with van der Waals surface area (Å²) in [4.78, 5) is 23.0. The molecule has 0 fully saturated rings. The maximum atomic E-state index is 12.5. The Bertz CT molecular complexity index is 746. The number of carbonyl (C=O) groups excluding carboxylic acids is 1. The van der Waals surface area contributed by atoms with E-state index in [0.29, 0.717) is 17.1 Å². The van der Waals surface area contributed by atoms with Crippen LogP contribution < -0.4 is 10.1 Å². The summed E-state index contributed by atoms with van der Waals surface area (Å²) >= 11 is 0. The number of amides is 1. The molecule has 0 saturated carbocycles. The van der Waals surface area contributed by atoms with Crippen molar-refractivity contribution in [3.05, 3.63) is 53.0 Å². The Morgan fingerprint density at radius 2 is 1.84 bits per heavy atom. The number of furan rings is 1. The van der Waals surface area contributed by atoms with Crippen molar-refractivity contribution < 1.29 is 23.8 Å². The lowest BCUT2D eigenvalue weighted by molar-refractivity contribution is -0.139. The maximum Gasteiger partial charge on any atom is 0.341 e. The Balaban J connectivity index is 2.02. The number of ether oxygens (including phenoxy) is 1. The molecule has 2 N–H and O–H groups in total. The van der Waals surface area contributed by atoms with Crippen molar-refractivity contribution in [2.24, 2.45) is 0 Å². The zero-order chi connectivity index (χ0) is 18.6. The number of carboxylic acid groups (broad SMARTS) is 1. The molecule has 1 amide bonds. The number of rotatable bonds is 7. The molecular weight excluding hydrogens is 322 g/mol. The van der Waals surface area contributed by atoms with Crippen LogP contribution >= 0.6 is 0 Å². The fourth-order valence-electron chi connectivity index (χ4n) is 2.37. The largest absolute Gasteiger partial charge is 0.482 e. The first-order valence-electron chi connectivity index (χ1n) is 8.13. The third kappa shape index (κ3) is 4.86. The zero-order valence-corrected chi connectivity index (χ0v) is 14.8. The molecule has 1 heterocycles. The first kappa shape index (κ1) is 18.6. The van der Waals surface area contributed by atoms with Crippen LogP contribution in [0.25, 0.3) is 0 Å². The Labute approximate surface area is 146 Å². The number of hydrogen-bond donors (Lipinski definition) is 2. The quantitative estimate of drug-likeness (QED) is 0.799. The Kier molecular flexibility index (Phi) is 5.85. The van der Waals surface area contributed by atoms with Crippen LogP contribution in [0.1, 0.15) is 60.2 Å². The van der Waals surface area contributed by atoms with E-state index in [2.05, 4.69) is 5.32 Å². The SMILES string of the molecule is Cc1oc(C(C)C)cc1C(=O)NC(C)c1ccc(OCC(=O)O)cc1. The molecule has 1 unspecified atom stereocenters. The molecule has 134 valence electrons. The van der Waals surface area contributed by atoms with E-state index in [0.717, 1.165) is 11.3 Å². The maximum absolute atomic E-state index is 12.5. The van der Waals surface area contributed by atoms with Gasteiger partial charge in [-0.1, -0.05) is 26.0 Å². The summed E-state index contributed by atoms with van der Waals surface area (Å²) in [6.07, 6.45) is 0. The van der Waals surface area contributed by atoms with Crippen molar-refractivity contribution in [2.45, 2.75) is 39.7 Å². The van der Waals surface area contributed by atoms with E-state index >= 15 is 0 Å². The molecule has 6 nitrogen and oxygen atoms in total. The minimum Gasteiger partial charge on any atom is -0.482 e. The number of hydrogen-bond acceptors (Lipinski definition) is 4. The van der Waals surface area contributed by atoms with Crippen LogP contribution in [0, 0.1) is 6.92 Å². The van der Waals surface area contributed by atoms with Crippen LogP contribution in [0.4, 0.5) is 0 Å². The Morgan fingerprint density at radius 1 is 1.20 bits per heavy atom. The second kappa shape index (κ2) is 7.88. The third-order valence-corrected chi connectivity index (χ3v) is 3.84. The van der Waals surface area contributed by atoms with E-state index in [1.165, 1.54) is 0 Å². The van der Waals surface area contributed by atoms with Gasteiger partial charge in [0, 0.05) is 5.92 Å². The average molecular weight is 345 g/mol. The van der Waals surface area contributed by atoms with E-state index in [-0.39, 0.29) is 24.5 Å². The number of carbonyl (C=O) groups is 2. The van der Waals surface area contributed by atoms with E-state index in [9.17, 15) is 9.59 Å². The van der Waals surface area contributed by atoms with Crippen LogP contribution in [-0.2, 0) is 4.79 Å². The van der Waals surface area contributed by atoms with E-state index in [1.54, 1.807) is 37.3 Å². The molecular formula is C19H23NO5. The van der Waals surface area contributed by atoms with Gasteiger partial charge in [0.25, 0.3) is 5.91 Å². The van der Waals surface area contributed by atoms with Crippen molar-refractivity contribution in [2.75, 3.05) is 6.61 Å². The van der Waals surface area contributed by atoms with Crippen molar-refractivity contribution in [3.8, 4) is 5.75 Å². The average Bonchev–Trinajstić information content (AvgIpc) is 2.95. The molecule has 0 saturated heterocycles. The van der Waals surface area contributed by atoms with Crippen LogP contribution in [0.15, 0.2) is 34.7 Å². The van der Waals surface area contributed by atoms with Gasteiger partial charge in [0.1, 0.15) is 17.3 Å². The van der Waals surface area contributed by atoms with Gasteiger partial charge in [-0.2, -0.15) is 0 Å². The van der Waals surface area contributed by atoms with Gasteiger partial charge in [-0.05, 0) is 37.6 Å². The molecule has 0 radical (unpaired) electrons. The van der Waals surface area contributed by atoms with Crippen LogP contribution in [0.5, 0.6) is 5.75 Å². The molecule has 1 aromatic carbocycles. The normalized spacial score (nSPS) is 12.0. The van der Waals surface area contributed by atoms with Gasteiger partial charge >= 0.3 is 5.97 Å². The van der Waals surface area contributed by atoms with Gasteiger partial charge in [-0.15, -0.1) is 0 Å². The van der Waals surface area contributed by atoms with E-state index in [4.69, 9.17) is 14.3 Å². The smallest absolute Gasteiger partial charge is 0.341 e. The van der Waals surface area contributed by atoms with Crippen molar-refractivity contribution in [1.82, 2.24) is 5.32 Å². The predicted octanol–water partition coefficient (Wildman–Crippen LogP) is 3.67. The molecule has 0 bridgehead atoms. The zero-order valence-electron chi connectivity index (χ0n) is 14.8. The van der Waals surface area contributed by atoms with Crippen LogP contribution in [-0.4, -0.2) is 23.6 Å². The Hall–Kier alpha value is -2.76. The first-order valence-corrected chi connectivity index (χ1v) is 8.13. The highest BCUT2D eigenvalue weighted by Crippen LogP contribution is 2.23. The molecule has 0 aliphatic rings. The standard InChI is InChI=1S/C19H23NO5/c1-11(2)17-9-16(13(4)25-17)19(23)20-12(3)14-5-7-15(8-6-14)24-10-18(21)22/h5-9,11-12H,10H2,1-4H3,(H,20,23)(H,21,22). The molecule has 0 spiro atoms. The monoisotopic (exact) mass is 345 g/mol.